The van der Waals surface area contributed by atoms with Crippen LogP contribution in [0.2, 0.25) is 0 Å². The number of rotatable bonds is 5. The maximum atomic E-state index is 11.6. The molecular weight excluding hydrogens is 399 g/mol. The molecule has 0 aliphatic rings. The van der Waals surface area contributed by atoms with Crippen molar-refractivity contribution >= 4 is 57.2 Å². The summed E-state index contributed by atoms with van der Waals surface area (Å²) in [7, 11) is 1.40. The van der Waals surface area contributed by atoms with Crippen molar-refractivity contribution in [1.29, 1.82) is 0 Å². The summed E-state index contributed by atoms with van der Waals surface area (Å²) < 4.78 is 12.6. The Morgan fingerprint density at radius 1 is 0.926 bits per heavy atom. The molecule has 0 bridgehead atoms. The molecule has 0 saturated carbocycles. The highest BCUT2D eigenvalue weighted by Crippen LogP contribution is 2.26. The van der Waals surface area contributed by atoms with Crippen LogP contribution in [0.5, 0.6) is 11.5 Å². The molecule has 0 spiro atoms. The molecule has 0 aliphatic heterocycles. The molecule has 0 saturated heterocycles. The largest absolute Gasteiger partial charge is 0.418 e. The van der Waals surface area contributed by atoms with Crippen LogP contribution in [0.25, 0.3) is 22.1 Å². The van der Waals surface area contributed by atoms with Crippen molar-refractivity contribution in [2.45, 2.75) is 0 Å². The van der Waals surface area contributed by atoms with E-state index in [0.717, 1.165) is 4.73 Å². The molecule has 3 rings (SSSR count). The van der Waals surface area contributed by atoms with Gasteiger partial charge in [0, 0.05) is 21.6 Å². The van der Waals surface area contributed by atoms with Gasteiger partial charge >= 0.3 is 34.0 Å². The summed E-state index contributed by atoms with van der Waals surface area (Å²) in [5.41, 5.74) is 1.01. The van der Waals surface area contributed by atoms with Gasteiger partial charge in [-0.25, -0.2) is 0 Å². The number of esters is 2. The van der Waals surface area contributed by atoms with Gasteiger partial charge in [0.15, 0.2) is 0 Å². The molecule has 0 radical (unpaired) electrons. The molecule has 2 aromatic carbocycles. The van der Waals surface area contributed by atoms with Crippen LogP contribution in [-0.2, 0) is 9.59 Å². The van der Waals surface area contributed by atoms with Crippen LogP contribution in [0.15, 0.2) is 36.4 Å². The van der Waals surface area contributed by atoms with E-state index in [4.69, 9.17) is 37.5 Å². The Morgan fingerprint density at radius 2 is 1.44 bits per heavy atom. The highest BCUT2D eigenvalue weighted by atomic mass is 35.5. The van der Waals surface area contributed by atoms with Gasteiger partial charge < -0.3 is 9.47 Å². The number of alkyl halides is 2. The normalized spacial score (nSPS) is 10.8. The predicted octanol–water partition coefficient (Wildman–Crippen LogP) is 1.15. The second-order valence-electron chi connectivity index (χ2n) is 5.25. The number of aromatic nitrogens is 2. The van der Waals surface area contributed by atoms with Crippen LogP contribution in [0.3, 0.4) is 0 Å². The van der Waals surface area contributed by atoms with Crippen LogP contribution in [0.4, 0.5) is 0 Å². The highest BCUT2D eigenvalue weighted by molar-refractivity contribution is 6.27. The third-order valence-corrected chi connectivity index (χ3v) is 4.10. The molecule has 0 fully saturated rings. The van der Waals surface area contributed by atoms with Crippen molar-refractivity contribution in [3.8, 4) is 11.5 Å². The zero-order chi connectivity index (χ0) is 19.6. The maximum absolute atomic E-state index is 11.6. The lowest BCUT2D eigenvalue weighted by Gasteiger charge is -2.06. The number of nitrogens with zero attached hydrogens (tertiary/aromatic N) is 2. The third-order valence-electron chi connectivity index (χ3n) is 3.67. The molecule has 10 heteroatoms. The van der Waals surface area contributed by atoms with Crippen molar-refractivity contribution in [3.63, 3.8) is 0 Å². The Morgan fingerprint density at radius 3 is 1.96 bits per heavy atom. The van der Waals surface area contributed by atoms with Crippen LogP contribution in [0, 0.1) is 0 Å². The summed E-state index contributed by atoms with van der Waals surface area (Å²) in [6, 6.07) is 9.42. The van der Waals surface area contributed by atoms with Crippen molar-refractivity contribution in [2.24, 2.45) is 0 Å². The smallest absolute Gasteiger partial charge is 0.376 e. The molecule has 0 atom stereocenters. The number of carbonyl (C=O) groups is 2. The summed E-state index contributed by atoms with van der Waals surface area (Å²) in [6.07, 6.45) is 0. The fraction of sp³-hybridized carbons (Fsp3) is 0.176. The molecule has 0 amide bonds. The Kier molecular flexibility index (Phi) is 5.48. The van der Waals surface area contributed by atoms with E-state index < -0.39 is 11.9 Å². The van der Waals surface area contributed by atoms with Crippen molar-refractivity contribution < 1.29 is 38.6 Å². The Hall–Kier alpha value is -2.84. The summed E-state index contributed by atoms with van der Waals surface area (Å²) in [5.74, 6) is -1.82. The molecular formula is C17H14Cl2N2O6+2. The topological polar surface area (TPSA) is 89.8 Å². The number of halogens is 2. The lowest BCUT2D eigenvalue weighted by Crippen LogP contribution is -2.48. The van der Waals surface area contributed by atoms with E-state index in [1.165, 1.54) is 24.0 Å². The Bertz CT molecular complexity index is 1060. The lowest BCUT2D eigenvalue weighted by atomic mass is 10.2. The van der Waals surface area contributed by atoms with E-state index >= 15 is 0 Å². The number of ether oxygens (including phenoxy) is 2. The number of benzene rings is 2. The molecule has 1 aromatic heterocycles. The van der Waals surface area contributed by atoms with E-state index in [1.54, 1.807) is 24.3 Å². The first-order valence-corrected chi connectivity index (χ1v) is 8.71. The molecule has 1 N–H and O–H groups in total. The molecule has 8 nitrogen and oxygen atoms in total. The third kappa shape index (κ3) is 3.41. The highest BCUT2D eigenvalue weighted by Gasteiger charge is 2.36. The summed E-state index contributed by atoms with van der Waals surface area (Å²) >= 11 is 11.0. The van der Waals surface area contributed by atoms with E-state index in [0.29, 0.717) is 5.52 Å². The van der Waals surface area contributed by atoms with Crippen molar-refractivity contribution in [3.05, 3.63) is 36.4 Å². The van der Waals surface area contributed by atoms with Crippen LogP contribution in [-0.4, -0.2) is 36.0 Å². The average Bonchev–Trinajstić information content (AvgIpc) is 2.68. The predicted molar refractivity (Wildman–Crippen MR) is 94.2 cm³/mol. The molecule has 0 unspecified atom stereocenters. The van der Waals surface area contributed by atoms with E-state index in [2.05, 4.69) is 0 Å². The minimum Gasteiger partial charge on any atom is -0.418 e. The fourth-order valence-corrected chi connectivity index (χ4v) is 2.78. The minimum absolute atomic E-state index is 0.0801. The average molecular weight is 413 g/mol. The number of hydrogen-bond donors (Lipinski definition) is 1. The van der Waals surface area contributed by atoms with E-state index in [1.807, 2.05) is 0 Å². The maximum Gasteiger partial charge on any atom is 0.376 e. The van der Waals surface area contributed by atoms with Gasteiger partial charge in [-0.2, -0.15) is 0 Å². The van der Waals surface area contributed by atoms with Crippen LogP contribution in [0.1, 0.15) is 0 Å². The molecule has 1 heterocycles. The number of hydrogen-bond acceptors (Lipinski definition) is 6. The van der Waals surface area contributed by atoms with Crippen LogP contribution < -0.4 is 23.8 Å². The first kappa shape index (κ1) is 18.9. The van der Waals surface area contributed by atoms with E-state index in [-0.39, 0.29) is 39.8 Å². The van der Waals surface area contributed by atoms with Gasteiger partial charge in [0.1, 0.15) is 18.9 Å². The zero-order valence-corrected chi connectivity index (χ0v) is 15.5. The summed E-state index contributed by atoms with van der Waals surface area (Å²) in [5, 5.41) is 10.8. The number of para-hydroxylation sites is 2. The van der Waals surface area contributed by atoms with Crippen LogP contribution >= 0.6 is 23.2 Å². The van der Waals surface area contributed by atoms with Gasteiger partial charge in [-0.1, -0.05) is 12.1 Å². The SMILES string of the molecule is CO[n+]1c2cccc(OC(=O)CCl)c2[n+](O)c2cccc(OC(=O)CCl)c21. The van der Waals surface area contributed by atoms with Gasteiger partial charge in [-0.15, -0.1) is 23.2 Å². The second kappa shape index (κ2) is 7.81. The number of fused-ring (bicyclic) bond motifs is 2. The summed E-state index contributed by atoms with van der Waals surface area (Å²) in [6.45, 7) is 0. The van der Waals surface area contributed by atoms with Gasteiger partial charge in [0.25, 0.3) is 0 Å². The van der Waals surface area contributed by atoms with E-state index in [9.17, 15) is 14.8 Å². The fourth-order valence-electron chi connectivity index (χ4n) is 2.67. The monoisotopic (exact) mass is 412 g/mol. The van der Waals surface area contributed by atoms with Crippen molar-refractivity contribution in [2.75, 3.05) is 18.9 Å². The molecule has 3 aromatic rings. The zero-order valence-electron chi connectivity index (χ0n) is 14.0. The quantitative estimate of drug-likeness (QED) is 0.169. The molecule has 27 heavy (non-hydrogen) atoms. The first-order valence-electron chi connectivity index (χ1n) is 7.64. The van der Waals surface area contributed by atoms with Gasteiger partial charge in [0.05, 0.1) is 0 Å². The minimum atomic E-state index is -0.682. The van der Waals surface area contributed by atoms with Gasteiger partial charge in [0.2, 0.25) is 11.5 Å². The van der Waals surface area contributed by atoms with Crippen molar-refractivity contribution in [1.82, 2.24) is 0 Å². The Labute approximate surface area is 162 Å². The number of carbonyl (C=O) groups excluding carboxylic acids is 2. The lowest BCUT2D eigenvalue weighted by molar-refractivity contribution is -0.886. The van der Waals surface area contributed by atoms with Gasteiger partial charge in [-0.05, 0) is 12.1 Å². The second-order valence-corrected chi connectivity index (χ2v) is 5.79. The van der Waals surface area contributed by atoms with Gasteiger partial charge in [-0.3, -0.25) is 19.6 Å². The summed E-state index contributed by atoms with van der Waals surface area (Å²) in [4.78, 5) is 28.7. The standard InChI is InChI=1S/C17H14Cl2N2O6/c1-25-21-11-5-3-6-12(26-14(22)8-18)16(11)20(24)10-4-2-7-13(17(10)21)27-15(23)9-19/h2-7,24H,8-9H2,1H3/q+2. The molecule has 0 aliphatic carbocycles. The Balaban J connectivity index is 2.38. The first-order chi connectivity index (χ1) is 13.0. The molecule has 140 valence electrons.